The Morgan fingerprint density at radius 1 is 1.13 bits per heavy atom. The molecule has 1 fully saturated rings. The number of methoxy groups -OCH3 is 1. The number of rotatable bonds is 6. The van der Waals surface area contributed by atoms with E-state index in [-0.39, 0.29) is 29.6 Å². The first-order valence-corrected chi connectivity index (χ1v) is 13.7. The average molecular weight is 556 g/mol. The van der Waals surface area contributed by atoms with Crippen LogP contribution in [0, 0.1) is 18.6 Å². The standard InChI is InChI=1S/C29H28ClF2N3O2S/c1-16-3-9-23(32)27-25(16)26(30)28(38-27)29(36)35(22-7-5-21(33)6-8-22)15-19-11-17(4-10-24(19)37-2)18-12-20(31)14-34-13-18/h3-4,9-14,21-22H,5-8,15,33H2,1-2H3. The number of fused-ring (bicyclic) bond motifs is 1. The maximum absolute atomic E-state index is 14.7. The van der Waals surface area contributed by atoms with Crippen molar-refractivity contribution >= 4 is 38.9 Å². The molecule has 0 aliphatic heterocycles. The lowest BCUT2D eigenvalue weighted by Crippen LogP contribution is -2.43. The fourth-order valence-electron chi connectivity index (χ4n) is 5.17. The number of carbonyl (C=O) groups is 1. The molecule has 0 unspecified atom stereocenters. The highest BCUT2D eigenvalue weighted by atomic mass is 35.5. The number of nitrogens with zero attached hydrogens (tertiary/aromatic N) is 2. The average Bonchev–Trinajstić information content (AvgIpc) is 3.28. The van der Waals surface area contributed by atoms with Gasteiger partial charge in [0.05, 0.1) is 23.0 Å². The number of hydrogen-bond acceptors (Lipinski definition) is 5. The van der Waals surface area contributed by atoms with E-state index in [1.165, 1.54) is 12.1 Å². The molecule has 0 atom stereocenters. The highest BCUT2D eigenvalue weighted by Gasteiger charge is 2.32. The van der Waals surface area contributed by atoms with Crippen LogP contribution in [-0.2, 0) is 6.54 Å². The molecule has 5 rings (SSSR count). The summed E-state index contributed by atoms with van der Waals surface area (Å²) in [4.78, 5) is 20.2. The van der Waals surface area contributed by atoms with Crippen LogP contribution >= 0.6 is 22.9 Å². The molecule has 4 aromatic rings. The summed E-state index contributed by atoms with van der Waals surface area (Å²) < 4.78 is 34.5. The van der Waals surface area contributed by atoms with Gasteiger partial charge in [0.15, 0.2) is 0 Å². The summed E-state index contributed by atoms with van der Waals surface area (Å²) in [7, 11) is 1.57. The summed E-state index contributed by atoms with van der Waals surface area (Å²) in [6.07, 6.45) is 5.84. The van der Waals surface area contributed by atoms with Crippen molar-refractivity contribution in [2.75, 3.05) is 7.11 Å². The van der Waals surface area contributed by atoms with Gasteiger partial charge in [0.2, 0.25) is 0 Å². The molecule has 2 aromatic heterocycles. The summed E-state index contributed by atoms with van der Waals surface area (Å²) in [5.74, 6) is -0.481. The Hall–Kier alpha value is -3.07. The molecule has 2 aromatic carbocycles. The third-order valence-corrected chi connectivity index (χ3v) is 8.91. The van der Waals surface area contributed by atoms with Crippen molar-refractivity contribution in [3.63, 3.8) is 0 Å². The molecule has 198 valence electrons. The maximum Gasteiger partial charge on any atom is 0.266 e. The van der Waals surface area contributed by atoms with Gasteiger partial charge in [-0.15, -0.1) is 11.3 Å². The van der Waals surface area contributed by atoms with Gasteiger partial charge in [-0.05, 0) is 68.0 Å². The van der Waals surface area contributed by atoms with Crippen molar-refractivity contribution in [2.24, 2.45) is 5.73 Å². The SMILES string of the molecule is COc1ccc(-c2cncc(F)c2)cc1CN(C(=O)c1sc2c(F)ccc(C)c2c1Cl)C1CCC(N)CC1. The number of benzene rings is 2. The number of ether oxygens (including phenoxy) is 1. The zero-order valence-electron chi connectivity index (χ0n) is 21.1. The van der Waals surface area contributed by atoms with Crippen molar-refractivity contribution in [3.05, 3.63) is 81.5 Å². The minimum atomic E-state index is -0.433. The molecule has 0 bridgehead atoms. The largest absolute Gasteiger partial charge is 0.496 e. The molecule has 1 aliphatic carbocycles. The molecule has 2 heterocycles. The fraction of sp³-hybridized carbons (Fsp3) is 0.310. The Morgan fingerprint density at radius 2 is 1.89 bits per heavy atom. The van der Waals surface area contributed by atoms with Crippen LogP contribution in [0.25, 0.3) is 21.2 Å². The number of amides is 1. The van der Waals surface area contributed by atoms with Crippen LogP contribution < -0.4 is 10.5 Å². The van der Waals surface area contributed by atoms with Gasteiger partial charge in [-0.25, -0.2) is 8.78 Å². The number of hydrogen-bond donors (Lipinski definition) is 1. The number of halogens is 3. The first-order chi connectivity index (χ1) is 18.3. The van der Waals surface area contributed by atoms with Gasteiger partial charge >= 0.3 is 0 Å². The molecule has 5 nitrogen and oxygen atoms in total. The van der Waals surface area contributed by atoms with Crippen molar-refractivity contribution in [1.82, 2.24) is 9.88 Å². The predicted octanol–water partition coefficient (Wildman–Crippen LogP) is 7.12. The van der Waals surface area contributed by atoms with E-state index in [2.05, 4.69) is 4.98 Å². The van der Waals surface area contributed by atoms with Crippen LogP contribution in [0.3, 0.4) is 0 Å². The highest BCUT2D eigenvalue weighted by molar-refractivity contribution is 7.21. The van der Waals surface area contributed by atoms with E-state index >= 15 is 0 Å². The van der Waals surface area contributed by atoms with Crippen LogP contribution in [0.1, 0.15) is 46.5 Å². The minimum Gasteiger partial charge on any atom is -0.496 e. The number of pyridine rings is 1. The lowest BCUT2D eigenvalue weighted by molar-refractivity contribution is 0.0610. The lowest BCUT2D eigenvalue weighted by atomic mass is 9.90. The molecule has 0 radical (unpaired) electrons. The van der Waals surface area contributed by atoms with Crippen LogP contribution in [0.15, 0.2) is 48.8 Å². The number of carbonyl (C=O) groups excluding carboxylic acids is 1. The quantitative estimate of drug-likeness (QED) is 0.275. The molecule has 1 saturated carbocycles. The zero-order chi connectivity index (χ0) is 27.0. The number of nitrogens with two attached hydrogens (primary N) is 1. The Labute approximate surface area is 229 Å². The van der Waals surface area contributed by atoms with Crippen molar-refractivity contribution in [2.45, 2.75) is 51.2 Å². The highest BCUT2D eigenvalue weighted by Crippen LogP contribution is 2.41. The predicted molar refractivity (Wildman–Crippen MR) is 148 cm³/mol. The van der Waals surface area contributed by atoms with E-state index in [1.54, 1.807) is 30.3 Å². The van der Waals surface area contributed by atoms with E-state index in [0.29, 0.717) is 26.3 Å². The third kappa shape index (κ3) is 5.13. The first-order valence-electron chi connectivity index (χ1n) is 12.5. The smallest absolute Gasteiger partial charge is 0.266 e. The van der Waals surface area contributed by atoms with E-state index in [9.17, 15) is 13.6 Å². The van der Waals surface area contributed by atoms with Crippen LogP contribution in [-0.4, -0.2) is 35.0 Å². The molecular weight excluding hydrogens is 528 g/mol. The number of thiophene rings is 1. The normalized spacial score (nSPS) is 17.5. The van der Waals surface area contributed by atoms with Crippen LogP contribution in [0.2, 0.25) is 5.02 Å². The Kier molecular flexibility index (Phi) is 7.66. The molecule has 1 amide bonds. The molecule has 1 aliphatic rings. The molecule has 2 N–H and O–H groups in total. The Morgan fingerprint density at radius 3 is 2.58 bits per heavy atom. The molecule has 9 heteroatoms. The second kappa shape index (κ2) is 11.0. The lowest BCUT2D eigenvalue weighted by Gasteiger charge is -2.36. The topological polar surface area (TPSA) is 68.5 Å². The summed E-state index contributed by atoms with van der Waals surface area (Å²) in [5.41, 5.74) is 9.12. The summed E-state index contributed by atoms with van der Waals surface area (Å²) >= 11 is 7.81. The summed E-state index contributed by atoms with van der Waals surface area (Å²) in [5, 5.41) is 0.847. The van der Waals surface area contributed by atoms with Crippen LogP contribution in [0.5, 0.6) is 5.75 Å². The number of aryl methyl sites for hydroxylation is 1. The van der Waals surface area contributed by atoms with Gasteiger partial charge in [0.25, 0.3) is 5.91 Å². The molecular formula is C29H28ClF2N3O2S. The van der Waals surface area contributed by atoms with Gasteiger partial charge in [0.1, 0.15) is 22.3 Å². The van der Waals surface area contributed by atoms with Gasteiger partial charge in [-0.2, -0.15) is 0 Å². The second-order valence-corrected chi connectivity index (χ2v) is 11.1. The Balaban J connectivity index is 1.57. The van der Waals surface area contributed by atoms with E-state index in [4.69, 9.17) is 22.1 Å². The van der Waals surface area contributed by atoms with E-state index in [1.807, 2.05) is 19.1 Å². The second-order valence-electron chi connectivity index (χ2n) is 9.73. The van der Waals surface area contributed by atoms with Gasteiger partial charge in [0, 0.05) is 41.3 Å². The zero-order valence-corrected chi connectivity index (χ0v) is 22.7. The monoisotopic (exact) mass is 555 g/mol. The number of aromatic nitrogens is 1. The Bertz CT molecular complexity index is 1500. The van der Waals surface area contributed by atoms with Gasteiger partial charge < -0.3 is 15.4 Å². The van der Waals surface area contributed by atoms with Crippen LogP contribution in [0.4, 0.5) is 8.78 Å². The van der Waals surface area contributed by atoms with E-state index in [0.717, 1.165) is 59.9 Å². The maximum atomic E-state index is 14.7. The van der Waals surface area contributed by atoms with Crippen molar-refractivity contribution in [1.29, 1.82) is 0 Å². The third-order valence-electron chi connectivity index (χ3n) is 7.24. The van der Waals surface area contributed by atoms with Gasteiger partial charge in [-0.1, -0.05) is 23.7 Å². The van der Waals surface area contributed by atoms with Gasteiger partial charge in [-0.3, -0.25) is 9.78 Å². The minimum absolute atomic E-state index is 0.0706. The fourth-order valence-corrected chi connectivity index (χ4v) is 6.80. The van der Waals surface area contributed by atoms with Crippen molar-refractivity contribution in [3.8, 4) is 16.9 Å². The summed E-state index contributed by atoms with van der Waals surface area (Å²) in [6, 6.07) is 10.0. The first kappa shape index (κ1) is 26.5. The molecule has 0 saturated heterocycles. The van der Waals surface area contributed by atoms with E-state index < -0.39 is 11.6 Å². The summed E-state index contributed by atoms with van der Waals surface area (Å²) in [6.45, 7) is 2.09. The molecule has 38 heavy (non-hydrogen) atoms. The molecule has 0 spiro atoms. The van der Waals surface area contributed by atoms with Crippen molar-refractivity contribution < 1.29 is 18.3 Å².